The molecule has 0 spiro atoms. The summed E-state index contributed by atoms with van der Waals surface area (Å²) in [6.07, 6.45) is 2.84. The van der Waals surface area contributed by atoms with Crippen molar-refractivity contribution in [2.45, 2.75) is 45.1 Å². The van der Waals surface area contributed by atoms with E-state index in [4.69, 9.17) is 4.99 Å². The number of guanidine groups is 1. The van der Waals surface area contributed by atoms with E-state index in [1.807, 2.05) is 0 Å². The number of aliphatic imine (C=N–C) groups is 1. The van der Waals surface area contributed by atoms with Crippen molar-refractivity contribution in [1.82, 2.24) is 15.5 Å². The molecule has 5 nitrogen and oxygen atoms in total. The van der Waals surface area contributed by atoms with E-state index in [0.717, 1.165) is 64.5 Å². The van der Waals surface area contributed by atoms with Crippen molar-refractivity contribution in [3.8, 4) is 0 Å². The van der Waals surface area contributed by atoms with Gasteiger partial charge in [-0.2, -0.15) is 11.3 Å². The van der Waals surface area contributed by atoms with Crippen molar-refractivity contribution in [2.75, 3.05) is 39.3 Å². The number of piperidine rings is 1. The van der Waals surface area contributed by atoms with Crippen LogP contribution < -0.4 is 10.6 Å². The van der Waals surface area contributed by atoms with Gasteiger partial charge in [0.1, 0.15) is 0 Å². The van der Waals surface area contributed by atoms with Crippen LogP contribution in [0.4, 0.5) is 0 Å². The Morgan fingerprint density at radius 3 is 2.80 bits per heavy atom. The van der Waals surface area contributed by atoms with Crippen LogP contribution in [0.5, 0.6) is 0 Å². The van der Waals surface area contributed by atoms with Gasteiger partial charge in [-0.15, -0.1) is 24.0 Å². The number of aliphatic hydroxyl groups excluding tert-OH is 1. The molecule has 0 saturated carbocycles. The van der Waals surface area contributed by atoms with Crippen molar-refractivity contribution in [3.05, 3.63) is 22.4 Å². The number of thiophene rings is 1. The molecule has 1 unspecified atom stereocenters. The summed E-state index contributed by atoms with van der Waals surface area (Å²) in [5.74, 6) is 1.36. The number of nitrogens with zero attached hydrogens (tertiary/aromatic N) is 2. The normalized spacial score (nSPS) is 17.8. The van der Waals surface area contributed by atoms with Gasteiger partial charge in [-0.25, -0.2) is 0 Å². The van der Waals surface area contributed by atoms with E-state index < -0.39 is 0 Å². The lowest BCUT2D eigenvalue weighted by molar-refractivity contribution is 0.0823. The second kappa shape index (κ2) is 12.9. The maximum atomic E-state index is 9.54. The van der Waals surface area contributed by atoms with Crippen molar-refractivity contribution in [2.24, 2.45) is 4.99 Å². The lowest BCUT2D eigenvalue weighted by Gasteiger charge is -2.29. The summed E-state index contributed by atoms with van der Waals surface area (Å²) in [7, 11) is 0. The standard InChI is InChI=1S/C18H32N4OS.HI/c1-3-19-18(21-13-15(2)16-7-12-24-14-16)20-8-4-9-22-10-5-17(23)6-11-22;/h7,12,14-15,17,23H,3-6,8-11,13H2,1-2H3,(H2,19,20,21);1H. The molecule has 1 aliphatic heterocycles. The molecule has 0 bridgehead atoms. The zero-order valence-electron chi connectivity index (χ0n) is 15.4. The van der Waals surface area contributed by atoms with E-state index >= 15 is 0 Å². The van der Waals surface area contributed by atoms with E-state index in [1.54, 1.807) is 11.3 Å². The molecule has 2 rings (SSSR count). The van der Waals surface area contributed by atoms with Crippen LogP contribution in [0, 0.1) is 0 Å². The molecule has 1 fully saturated rings. The Morgan fingerprint density at radius 1 is 1.40 bits per heavy atom. The van der Waals surface area contributed by atoms with E-state index in [9.17, 15) is 5.11 Å². The molecule has 7 heteroatoms. The SMILES string of the molecule is CCNC(=NCC(C)c1ccsc1)NCCCN1CCC(O)CC1.I. The minimum absolute atomic E-state index is 0. The van der Waals surface area contributed by atoms with Crippen LogP contribution in [-0.2, 0) is 0 Å². The molecule has 1 atom stereocenters. The fourth-order valence-electron chi connectivity index (χ4n) is 2.88. The van der Waals surface area contributed by atoms with Gasteiger partial charge in [-0.1, -0.05) is 6.92 Å². The Hall–Kier alpha value is -0.380. The van der Waals surface area contributed by atoms with Gasteiger partial charge in [-0.05, 0) is 55.1 Å². The van der Waals surface area contributed by atoms with Gasteiger partial charge >= 0.3 is 0 Å². The second-order valence-electron chi connectivity index (χ2n) is 6.53. The summed E-state index contributed by atoms with van der Waals surface area (Å²) in [5, 5.41) is 20.6. The van der Waals surface area contributed by atoms with Crippen LogP contribution in [-0.4, -0.2) is 61.3 Å². The molecule has 0 radical (unpaired) electrons. The molecule has 1 aromatic heterocycles. The summed E-state index contributed by atoms with van der Waals surface area (Å²) in [6, 6.07) is 2.18. The van der Waals surface area contributed by atoms with Crippen LogP contribution in [0.25, 0.3) is 0 Å². The van der Waals surface area contributed by atoms with Gasteiger partial charge in [0.15, 0.2) is 5.96 Å². The quantitative estimate of drug-likeness (QED) is 0.232. The summed E-state index contributed by atoms with van der Waals surface area (Å²) in [6.45, 7) is 10.1. The largest absolute Gasteiger partial charge is 0.393 e. The van der Waals surface area contributed by atoms with E-state index in [1.165, 1.54) is 5.56 Å². The molecule has 1 aliphatic rings. The molecule has 0 aliphatic carbocycles. The third-order valence-corrected chi connectivity index (χ3v) is 5.18. The maximum absolute atomic E-state index is 9.54. The highest BCUT2D eigenvalue weighted by molar-refractivity contribution is 14.0. The first-order valence-corrected chi connectivity index (χ1v) is 10.1. The fourth-order valence-corrected chi connectivity index (χ4v) is 3.67. The first-order valence-electron chi connectivity index (χ1n) is 9.13. The van der Waals surface area contributed by atoms with Gasteiger partial charge in [0.2, 0.25) is 0 Å². The Kier molecular flexibility index (Phi) is 11.7. The molecule has 25 heavy (non-hydrogen) atoms. The third kappa shape index (κ3) is 8.70. The zero-order chi connectivity index (χ0) is 17.2. The van der Waals surface area contributed by atoms with E-state index in [2.05, 4.69) is 46.2 Å². The first kappa shape index (κ1) is 22.7. The Balaban J connectivity index is 0.00000312. The monoisotopic (exact) mass is 480 g/mol. The first-order chi connectivity index (χ1) is 11.7. The van der Waals surface area contributed by atoms with Crippen LogP contribution in [0.2, 0.25) is 0 Å². The van der Waals surface area contributed by atoms with Crippen LogP contribution >= 0.6 is 35.3 Å². The number of hydrogen-bond donors (Lipinski definition) is 3. The fraction of sp³-hybridized carbons (Fsp3) is 0.722. The summed E-state index contributed by atoms with van der Waals surface area (Å²) in [4.78, 5) is 7.16. The second-order valence-corrected chi connectivity index (χ2v) is 7.31. The van der Waals surface area contributed by atoms with E-state index in [0.29, 0.717) is 5.92 Å². The number of likely N-dealkylation sites (tertiary alicyclic amines) is 1. The molecule has 0 aromatic carbocycles. The average Bonchev–Trinajstić information content (AvgIpc) is 3.12. The predicted molar refractivity (Wildman–Crippen MR) is 118 cm³/mol. The third-order valence-electron chi connectivity index (χ3n) is 4.48. The summed E-state index contributed by atoms with van der Waals surface area (Å²) >= 11 is 1.74. The van der Waals surface area contributed by atoms with Gasteiger partial charge in [0, 0.05) is 38.6 Å². The van der Waals surface area contributed by atoms with Crippen molar-refractivity contribution in [1.29, 1.82) is 0 Å². The highest BCUT2D eigenvalue weighted by Crippen LogP contribution is 2.18. The number of nitrogens with one attached hydrogen (secondary N) is 2. The van der Waals surface area contributed by atoms with Crippen LogP contribution in [0.1, 0.15) is 44.6 Å². The molecule has 144 valence electrons. The Morgan fingerprint density at radius 2 is 2.16 bits per heavy atom. The lowest BCUT2D eigenvalue weighted by atomic mass is 10.1. The topological polar surface area (TPSA) is 59.9 Å². The Bertz CT molecular complexity index is 475. The number of aliphatic hydroxyl groups is 1. The van der Waals surface area contributed by atoms with Crippen LogP contribution in [0.15, 0.2) is 21.8 Å². The maximum Gasteiger partial charge on any atom is 0.191 e. The van der Waals surface area contributed by atoms with Crippen molar-refractivity contribution in [3.63, 3.8) is 0 Å². The summed E-state index contributed by atoms with van der Waals surface area (Å²) in [5.41, 5.74) is 1.37. The summed E-state index contributed by atoms with van der Waals surface area (Å²) < 4.78 is 0. The molecule has 2 heterocycles. The van der Waals surface area contributed by atoms with Crippen LogP contribution in [0.3, 0.4) is 0 Å². The highest BCUT2D eigenvalue weighted by atomic mass is 127. The minimum Gasteiger partial charge on any atom is -0.393 e. The predicted octanol–water partition coefficient (Wildman–Crippen LogP) is 2.87. The number of rotatable bonds is 8. The smallest absolute Gasteiger partial charge is 0.191 e. The highest BCUT2D eigenvalue weighted by Gasteiger charge is 2.16. The lowest BCUT2D eigenvalue weighted by Crippen LogP contribution is -2.40. The van der Waals surface area contributed by atoms with Gasteiger partial charge < -0.3 is 20.6 Å². The molecular formula is C18H33IN4OS. The molecule has 1 aromatic rings. The molecule has 0 amide bonds. The zero-order valence-corrected chi connectivity index (χ0v) is 18.6. The average molecular weight is 480 g/mol. The van der Waals surface area contributed by atoms with Gasteiger partial charge in [-0.3, -0.25) is 4.99 Å². The van der Waals surface area contributed by atoms with Crippen molar-refractivity contribution < 1.29 is 5.11 Å². The Labute approximate surface area is 173 Å². The van der Waals surface area contributed by atoms with Crippen molar-refractivity contribution >= 4 is 41.3 Å². The minimum atomic E-state index is -0.0860. The molecule has 3 N–H and O–H groups in total. The number of hydrogen-bond acceptors (Lipinski definition) is 4. The molecular weight excluding hydrogens is 447 g/mol. The van der Waals surface area contributed by atoms with Gasteiger partial charge in [0.05, 0.1) is 6.10 Å². The van der Waals surface area contributed by atoms with Gasteiger partial charge in [0.25, 0.3) is 0 Å². The number of halogens is 1. The molecule has 1 saturated heterocycles. The van der Waals surface area contributed by atoms with E-state index in [-0.39, 0.29) is 30.1 Å².